The molecule has 0 aliphatic heterocycles. The van der Waals surface area contributed by atoms with Gasteiger partial charge in [-0.2, -0.15) is 12.6 Å². The highest BCUT2D eigenvalue weighted by molar-refractivity contribution is 7.80. The van der Waals surface area contributed by atoms with Crippen molar-refractivity contribution in [2.24, 2.45) is 0 Å². The van der Waals surface area contributed by atoms with Crippen molar-refractivity contribution >= 4 is 29.8 Å². The molecule has 1 atom stereocenters. The maximum Gasteiger partial charge on any atom is 0.145 e. The number of hydrogen-bond acceptors (Lipinski definition) is 6. The molecule has 1 unspecified atom stereocenters. The van der Waals surface area contributed by atoms with Crippen molar-refractivity contribution in [3.05, 3.63) is 23.5 Å². The lowest BCUT2D eigenvalue weighted by Crippen LogP contribution is -1.93. The zero-order valence-electron chi connectivity index (χ0n) is 8.08. The predicted molar refractivity (Wildman–Crippen MR) is 65.0 cm³/mol. The largest absolute Gasteiger partial charge is 0.383 e. The van der Waals surface area contributed by atoms with Crippen LogP contribution in [0.1, 0.15) is 17.9 Å². The van der Waals surface area contributed by atoms with E-state index in [1.165, 1.54) is 11.3 Å². The molecule has 0 radical (unpaired) electrons. The molecule has 0 amide bonds. The van der Waals surface area contributed by atoms with E-state index in [1.807, 2.05) is 6.92 Å². The van der Waals surface area contributed by atoms with Crippen molar-refractivity contribution in [3.63, 3.8) is 0 Å². The van der Waals surface area contributed by atoms with Gasteiger partial charge in [-0.05, 0) is 6.92 Å². The third-order valence-electron chi connectivity index (χ3n) is 1.84. The summed E-state index contributed by atoms with van der Waals surface area (Å²) in [4.78, 5) is 12.6. The summed E-state index contributed by atoms with van der Waals surface area (Å²) in [5, 5.41) is 2.66. The van der Waals surface area contributed by atoms with Crippen LogP contribution in [0.5, 0.6) is 0 Å². The smallest absolute Gasteiger partial charge is 0.145 e. The van der Waals surface area contributed by atoms with Gasteiger partial charge in [-0.1, -0.05) is 0 Å². The second-order valence-corrected chi connectivity index (χ2v) is 4.71. The van der Waals surface area contributed by atoms with Gasteiger partial charge in [-0.25, -0.2) is 4.98 Å². The van der Waals surface area contributed by atoms with Crippen LogP contribution in [-0.4, -0.2) is 15.0 Å². The summed E-state index contributed by atoms with van der Waals surface area (Å²) >= 11 is 5.74. The van der Waals surface area contributed by atoms with Crippen molar-refractivity contribution in [2.75, 3.05) is 5.73 Å². The van der Waals surface area contributed by atoms with Gasteiger partial charge in [0.1, 0.15) is 16.5 Å². The van der Waals surface area contributed by atoms with Gasteiger partial charge < -0.3 is 5.73 Å². The maximum atomic E-state index is 5.53. The van der Waals surface area contributed by atoms with Gasteiger partial charge in [0.25, 0.3) is 0 Å². The second-order valence-electron chi connectivity index (χ2n) is 3.08. The van der Waals surface area contributed by atoms with Crippen molar-refractivity contribution in [2.45, 2.75) is 12.2 Å². The fraction of sp³-hybridized carbons (Fsp3) is 0.222. The van der Waals surface area contributed by atoms with Crippen LogP contribution < -0.4 is 5.73 Å². The molecule has 0 spiro atoms. The lowest BCUT2D eigenvalue weighted by Gasteiger charge is -2.02. The van der Waals surface area contributed by atoms with Crippen molar-refractivity contribution in [1.29, 1.82) is 0 Å². The quantitative estimate of drug-likeness (QED) is 0.787. The highest BCUT2D eigenvalue weighted by Gasteiger charge is 2.06. The van der Waals surface area contributed by atoms with E-state index >= 15 is 0 Å². The van der Waals surface area contributed by atoms with Gasteiger partial charge in [0, 0.05) is 10.6 Å². The summed E-state index contributed by atoms with van der Waals surface area (Å²) in [7, 11) is 0. The van der Waals surface area contributed by atoms with E-state index in [1.54, 1.807) is 17.8 Å². The number of nitrogens with two attached hydrogens (primary N) is 1. The van der Waals surface area contributed by atoms with E-state index in [4.69, 9.17) is 5.73 Å². The number of rotatable bonds is 2. The lowest BCUT2D eigenvalue weighted by molar-refractivity contribution is 0.985. The first-order valence-corrected chi connectivity index (χ1v) is 5.78. The molecule has 2 aromatic rings. The molecule has 0 bridgehead atoms. The summed E-state index contributed by atoms with van der Waals surface area (Å²) in [6.45, 7) is 1.95. The maximum absolute atomic E-state index is 5.53. The Morgan fingerprint density at radius 1 is 1.40 bits per heavy atom. The highest BCUT2D eigenvalue weighted by atomic mass is 32.1. The Bertz CT molecular complexity index is 449. The van der Waals surface area contributed by atoms with Crippen LogP contribution in [0.2, 0.25) is 0 Å². The Labute approximate surface area is 97.0 Å². The average molecular weight is 238 g/mol. The van der Waals surface area contributed by atoms with Crippen LogP contribution >= 0.6 is 24.0 Å². The standard InChI is InChI=1S/C9H10N4S2/c1-5(14)6-2-12-7(3-11-6)9-13-8(10)4-15-9/h2-5,14H,10H2,1H3. The van der Waals surface area contributed by atoms with E-state index < -0.39 is 0 Å². The first kappa shape index (κ1) is 10.4. The molecule has 0 saturated heterocycles. The molecule has 0 aliphatic rings. The fourth-order valence-corrected chi connectivity index (χ4v) is 1.87. The summed E-state index contributed by atoms with van der Waals surface area (Å²) in [5.41, 5.74) is 7.13. The number of thiol groups is 1. The summed E-state index contributed by atoms with van der Waals surface area (Å²) < 4.78 is 0. The van der Waals surface area contributed by atoms with Crippen LogP contribution in [0.25, 0.3) is 10.7 Å². The molecule has 2 heterocycles. The first-order valence-electron chi connectivity index (χ1n) is 4.38. The normalized spacial score (nSPS) is 12.7. The van der Waals surface area contributed by atoms with E-state index in [-0.39, 0.29) is 5.25 Å². The van der Waals surface area contributed by atoms with E-state index in [2.05, 4.69) is 27.6 Å². The molecule has 2 aromatic heterocycles. The van der Waals surface area contributed by atoms with E-state index in [0.29, 0.717) is 5.82 Å². The van der Waals surface area contributed by atoms with Crippen LogP contribution in [0, 0.1) is 0 Å². The molecule has 0 saturated carbocycles. The summed E-state index contributed by atoms with van der Waals surface area (Å²) in [5.74, 6) is 0.517. The van der Waals surface area contributed by atoms with Gasteiger partial charge in [0.05, 0.1) is 18.1 Å². The van der Waals surface area contributed by atoms with Crippen LogP contribution in [-0.2, 0) is 0 Å². The number of hydrogen-bond donors (Lipinski definition) is 2. The first-order chi connectivity index (χ1) is 7.16. The molecule has 6 heteroatoms. The second kappa shape index (κ2) is 4.16. The molecule has 4 nitrogen and oxygen atoms in total. The Morgan fingerprint density at radius 3 is 2.67 bits per heavy atom. The molecule has 2 rings (SSSR count). The molecule has 0 aliphatic carbocycles. The predicted octanol–water partition coefficient (Wildman–Crippen LogP) is 2.17. The van der Waals surface area contributed by atoms with E-state index in [0.717, 1.165) is 16.4 Å². The van der Waals surface area contributed by atoms with Crippen LogP contribution in [0.3, 0.4) is 0 Å². The molecule has 78 valence electrons. The van der Waals surface area contributed by atoms with Gasteiger partial charge in [-0.3, -0.25) is 9.97 Å². The summed E-state index contributed by atoms with van der Waals surface area (Å²) in [6.07, 6.45) is 3.41. The number of nitrogen functional groups attached to an aromatic ring is 1. The number of nitrogens with zero attached hydrogens (tertiary/aromatic N) is 3. The molecular formula is C9H10N4S2. The number of anilines is 1. The van der Waals surface area contributed by atoms with Gasteiger partial charge in [-0.15, -0.1) is 11.3 Å². The number of thiazole rings is 1. The Morgan fingerprint density at radius 2 is 2.20 bits per heavy atom. The van der Waals surface area contributed by atoms with E-state index in [9.17, 15) is 0 Å². The minimum Gasteiger partial charge on any atom is -0.383 e. The van der Waals surface area contributed by atoms with Crippen molar-refractivity contribution in [1.82, 2.24) is 15.0 Å². The van der Waals surface area contributed by atoms with Gasteiger partial charge in [0.15, 0.2) is 0 Å². The summed E-state index contributed by atoms with van der Waals surface area (Å²) in [6, 6.07) is 0. The molecule has 2 N–H and O–H groups in total. The van der Waals surface area contributed by atoms with Crippen molar-refractivity contribution in [3.8, 4) is 10.7 Å². The topological polar surface area (TPSA) is 64.7 Å². The monoisotopic (exact) mass is 238 g/mol. The van der Waals surface area contributed by atoms with Crippen LogP contribution in [0.15, 0.2) is 17.8 Å². The minimum atomic E-state index is 0.0907. The third kappa shape index (κ3) is 2.27. The minimum absolute atomic E-state index is 0.0907. The average Bonchev–Trinajstić information content (AvgIpc) is 2.65. The molecular weight excluding hydrogens is 228 g/mol. The molecule has 0 fully saturated rings. The lowest BCUT2D eigenvalue weighted by atomic mass is 10.3. The van der Waals surface area contributed by atoms with Gasteiger partial charge in [0.2, 0.25) is 0 Å². The van der Waals surface area contributed by atoms with Crippen molar-refractivity contribution < 1.29 is 0 Å². The Kier molecular flexibility index (Phi) is 2.88. The third-order valence-corrected chi connectivity index (χ3v) is 2.99. The Hall–Kier alpha value is -1.14. The zero-order valence-corrected chi connectivity index (χ0v) is 9.79. The molecule has 15 heavy (non-hydrogen) atoms. The SMILES string of the molecule is CC(S)c1cnc(-c2nc(N)cs2)cn1. The highest BCUT2D eigenvalue weighted by Crippen LogP contribution is 2.23. The zero-order chi connectivity index (χ0) is 10.8. The fourth-order valence-electron chi connectivity index (χ4n) is 1.07. The Balaban J connectivity index is 2.31. The number of aromatic nitrogens is 3. The molecule has 0 aromatic carbocycles. The van der Waals surface area contributed by atoms with Gasteiger partial charge >= 0.3 is 0 Å². The van der Waals surface area contributed by atoms with Crippen LogP contribution in [0.4, 0.5) is 5.82 Å².